The summed E-state index contributed by atoms with van der Waals surface area (Å²) >= 11 is 0. The lowest BCUT2D eigenvalue weighted by Gasteiger charge is -2.40. The fraction of sp³-hybridized carbons (Fsp3) is 0.556. The largest absolute Gasteiger partial charge is 0.497 e. The van der Waals surface area contributed by atoms with Crippen LogP contribution in [0.1, 0.15) is 32.1 Å². The number of ether oxygens (including phenoxy) is 2. The zero-order chi connectivity index (χ0) is 17.8. The molecule has 1 aliphatic heterocycles. The van der Waals surface area contributed by atoms with Gasteiger partial charge >= 0.3 is 0 Å². The van der Waals surface area contributed by atoms with E-state index in [-0.39, 0.29) is 30.3 Å². The minimum atomic E-state index is -0.494. The van der Waals surface area contributed by atoms with Crippen LogP contribution >= 0.6 is 0 Å². The summed E-state index contributed by atoms with van der Waals surface area (Å²) in [6.07, 6.45) is 4.44. The molecule has 1 aromatic carbocycles. The van der Waals surface area contributed by atoms with Gasteiger partial charge in [-0.2, -0.15) is 0 Å². The maximum absolute atomic E-state index is 12.4. The third-order valence-corrected chi connectivity index (χ3v) is 4.85. The van der Waals surface area contributed by atoms with Crippen LogP contribution in [0.3, 0.4) is 0 Å². The van der Waals surface area contributed by atoms with Gasteiger partial charge in [-0.05, 0) is 12.8 Å². The maximum Gasteiger partial charge on any atom is 0.237 e. The molecule has 3 rings (SSSR count). The average molecular weight is 347 g/mol. The minimum absolute atomic E-state index is 0.0918. The van der Waals surface area contributed by atoms with Crippen LogP contribution in [0.2, 0.25) is 0 Å². The Bertz CT molecular complexity index is 627. The molecule has 2 amide bonds. The molecule has 0 unspecified atom stereocenters. The summed E-state index contributed by atoms with van der Waals surface area (Å²) in [5, 5.41) is 9.21. The zero-order valence-electron chi connectivity index (χ0n) is 14.6. The summed E-state index contributed by atoms with van der Waals surface area (Å²) in [4.78, 5) is 24.6. The van der Waals surface area contributed by atoms with Crippen LogP contribution in [-0.2, 0) is 9.59 Å². The third kappa shape index (κ3) is 4.22. The van der Waals surface area contributed by atoms with Crippen LogP contribution in [0.15, 0.2) is 18.2 Å². The monoisotopic (exact) mass is 347 g/mol. The molecule has 1 saturated heterocycles. The van der Waals surface area contributed by atoms with Crippen molar-refractivity contribution < 1.29 is 19.1 Å². The Hall–Kier alpha value is -2.28. The first-order valence-electron chi connectivity index (χ1n) is 8.68. The topological polar surface area (TPSA) is 88.7 Å². The van der Waals surface area contributed by atoms with Gasteiger partial charge in [0.1, 0.15) is 11.5 Å². The van der Waals surface area contributed by atoms with Gasteiger partial charge in [-0.3, -0.25) is 9.59 Å². The second-order valence-electron chi connectivity index (χ2n) is 6.58. The van der Waals surface area contributed by atoms with Crippen LogP contribution in [0, 0.1) is 0 Å². The Morgan fingerprint density at radius 2 is 1.76 bits per heavy atom. The van der Waals surface area contributed by atoms with Crippen LogP contribution in [0.25, 0.3) is 0 Å². The molecule has 2 aliphatic rings. The third-order valence-electron chi connectivity index (χ3n) is 4.85. The van der Waals surface area contributed by atoms with Gasteiger partial charge in [0.25, 0.3) is 0 Å². The molecule has 1 heterocycles. The SMILES string of the molecule is COc1cc(NC(=O)C[C@@H]2N[C@H]3CCCC[C@H]3NC2=O)cc(OC)c1. The van der Waals surface area contributed by atoms with Gasteiger partial charge in [-0.25, -0.2) is 0 Å². The molecule has 1 aliphatic carbocycles. The molecule has 0 radical (unpaired) electrons. The number of anilines is 1. The number of hydrogen-bond donors (Lipinski definition) is 3. The number of carbonyl (C=O) groups excluding carboxylic acids is 2. The lowest BCUT2D eigenvalue weighted by Crippen LogP contribution is -2.65. The second-order valence-corrected chi connectivity index (χ2v) is 6.58. The number of hydrogen-bond acceptors (Lipinski definition) is 5. The second kappa shape index (κ2) is 7.74. The standard InChI is InChI=1S/C18H25N3O4/c1-24-12-7-11(8-13(9-12)25-2)19-17(22)10-16-18(23)21-15-6-4-3-5-14(15)20-16/h7-9,14-16,20H,3-6,10H2,1-2H3,(H,19,22)(H,21,23)/t14-,15+,16-/m0/s1. The summed E-state index contributed by atoms with van der Waals surface area (Å²) in [7, 11) is 3.11. The highest BCUT2D eigenvalue weighted by Crippen LogP contribution is 2.26. The summed E-state index contributed by atoms with van der Waals surface area (Å²) in [5.41, 5.74) is 0.577. The van der Waals surface area contributed by atoms with Crippen LogP contribution in [0.4, 0.5) is 5.69 Å². The van der Waals surface area contributed by atoms with Crippen molar-refractivity contribution in [2.45, 2.75) is 50.2 Å². The lowest BCUT2D eigenvalue weighted by atomic mass is 9.87. The zero-order valence-corrected chi connectivity index (χ0v) is 14.6. The van der Waals surface area contributed by atoms with Crippen molar-refractivity contribution in [3.63, 3.8) is 0 Å². The van der Waals surface area contributed by atoms with E-state index >= 15 is 0 Å². The Labute approximate surface area is 147 Å². The summed E-state index contributed by atoms with van der Waals surface area (Å²) in [6.45, 7) is 0. The smallest absolute Gasteiger partial charge is 0.237 e. The normalized spacial score (nSPS) is 25.5. The molecule has 1 saturated carbocycles. The summed E-state index contributed by atoms with van der Waals surface area (Å²) in [5.74, 6) is 0.861. The number of amides is 2. The molecule has 0 spiro atoms. The summed E-state index contributed by atoms with van der Waals surface area (Å²) < 4.78 is 10.4. The number of nitrogens with one attached hydrogen (secondary N) is 3. The summed E-state index contributed by atoms with van der Waals surface area (Å²) in [6, 6.07) is 5.13. The van der Waals surface area contributed by atoms with Gasteiger partial charge in [0.15, 0.2) is 0 Å². The first-order chi connectivity index (χ1) is 12.1. The van der Waals surface area contributed by atoms with E-state index in [0.717, 1.165) is 25.7 Å². The predicted octanol–water partition coefficient (Wildman–Crippen LogP) is 1.43. The highest BCUT2D eigenvalue weighted by Gasteiger charge is 2.36. The van der Waals surface area contributed by atoms with E-state index in [0.29, 0.717) is 17.2 Å². The maximum atomic E-state index is 12.4. The van der Waals surface area contributed by atoms with E-state index < -0.39 is 6.04 Å². The molecular weight excluding hydrogens is 322 g/mol. The Balaban J connectivity index is 1.61. The van der Waals surface area contributed by atoms with Gasteiger partial charge < -0.3 is 25.4 Å². The quantitative estimate of drug-likeness (QED) is 0.750. The molecule has 1 aromatic rings. The van der Waals surface area contributed by atoms with Crippen molar-refractivity contribution in [2.24, 2.45) is 0 Å². The van der Waals surface area contributed by atoms with Crippen molar-refractivity contribution in [3.05, 3.63) is 18.2 Å². The van der Waals surface area contributed by atoms with Gasteiger partial charge in [0, 0.05) is 36.0 Å². The minimum Gasteiger partial charge on any atom is -0.497 e. The van der Waals surface area contributed by atoms with Crippen molar-refractivity contribution in [3.8, 4) is 11.5 Å². The van der Waals surface area contributed by atoms with E-state index in [9.17, 15) is 9.59 Å². The van der Waals surface area contributed by atoms with Crippen LogP contribution < -0.4 is 25.4 Å². The molecule has 136 valence electrons. The molecule has 2 fully saturated rings. The van der Waals surface area contributed by atoms with Crippen molar-refractivity contribution >= 4 is 17.5 Å². The fourth-order valence-electron chi connectivity index (χ4n) is 3.55. The van der Waals surface area contributed by atoms with E-state index in [1.165, 1.54) is 0 Å². The number of carbonyl (C=O) groups is 2. The molecule has 7 nitrogen and oxygen atoms in total. The Kier molecular flexibility index (Phi) is 5.43. The molecule has 7 heteroatoms. The molecule has 3 N–H and O–H groups in total. The van der Waals surface area contributed by atoms with Gasteiger partial charge in [-0.1, -0.05) is 12.8 Å². The van der Waals surface area contributed by atoms with Crippen LogP contribution in [0.5, 0.6) is 11.5 Å². The number of benzene rings is 1. The molecule has 0 aromatic heterocycles. The van der Waals surface area contributed by atoms with Crippen molar-refractivity contribution in [2.75, 3.05) is 19.5 Å². The van der Waals surface area contributed by atoms with Crippen molar-refractivity contribution in [1.29, 1.82) is 0 Å². The van der Waals surface area contributed by atoms with Gasteiger partial charge in [0.2, 0.25) is 11.8 Å². The molecule has 0 bridgehead atoms. The fourth-order valence-corrected chi connectivity index (χ4v) is 3.55. The first-order valence-corrected chi connectivity index (χ1v) is 8.68. The average Bonchev–Trinajstić information content (AvgIpc) is 2.61. The predicted molar refractivity (Wildman–Crippen MR) is 93.9 cm³/mol. The molecule has 25 heavy (non-hydrogen) atoms. The Morgan fingerprint density at radius 3 is 2.40 bits per heavy atom. The number of piperazine rings is 1. The molecule has 3 atom stereocenters. The van der Waals surface area contributed by atoms with Crippen molar-refractivity contribution in [1.82, 2.24) is 10.6 Å². The number of rotatable bonds is 5. The van der Waals surface area contributed by atoms with E-state index in [4.69, 9.17) is 9.47 Å². The number of fused-ring (bicyclic) bond motifs is 1. The van der Waals surface area contributed by atoms with Crippen LogP contribution in [-0.4, -0.2) is 44.2 Å². The lowest BCUT2D eigenvalue weighted by molar-refractivity contribution is -0.129. The first kappa shape index (κ1) is 17.5. The molecular formula is C18H25N3O4. The Morgan fingerprint density at radius 1 is 1.12 bits per heavy atom. The van der Waals surface area contributed by atoms with E-state index in [2.05, 4.69) is 16.0 Å². The van der Waals surface area contributed by atoms with Gasteiger partial charge in [0.05, 0.1) is 26.7 Å². The number of methoxy groups -OCH3 is 2. The van der Waals surface area contributed by atoms with E-state index in [1.54, 1.807) is 32.4 Å². The van der Waals surface area contributed by atoms with E-state index in [1.807, 2.05) is 0 Å². The highest BCUT2D eigenvalue weighted by atomic mass is 16.5. The van der Waals surface area contributed by atoms with Gasteiger partial charge in [-0.15, -0.1) is 0 Å². The highest BCUT2D eigenvalue weighted by molar-refractivity contribution is 5.96.